The SMILES string of the molecule is COc1ccc(C(=O)CCl)c(F)c1C. The average molecular weight is 217 g/mol. The molecule has 4 heteroatoms. The fourth-order valence-corrected chi connectivity index (χ4v) is 1.32. The Morgan fingerprint density at radius 2 is 2.21 bits per heavy atom. The summed E-state index contributed by atoms with van der Waals surface area (Å²) in [5.41, 5.74) is 0.335. The number of rotatable bonds is 3. The van der Waals surface area contributed by atoms with Gasteiger partial charge in [-0.3, -0.25) is 4.79 Å². The van der Waals surface area contributed by atoms with Crippen molar-refractivity contribution in [3.05, 3.63) is 29.1 Å². The molecule has 1 aromatic rings. The second-order valence-electron chi connectivity index (χ2n) is 2.81. The zero-order valence-corrected chi connectivity index (χ0v) is 8.69. The van der Waals surface area contributed by atoms with E-state index in [0.29, 0.717) is 11.3 Å². The van der Waals surface area contributed by atoms with Crippen molar-refractivity contribution >= 4 is 17.4 Å². The van der Waals surface area contributed by atoms with Crippen LogP contribution < -0.4 is 4.74 Å². The topological polar surface area (TPSA) is 26.3 Å². The number of carbonyl (C=O) groups is 1. The second-order valence-corrected chi connectivity index (χ2v) is 3.08. The van der Waals surface area contributed by atoms with E-state index >= 15 is 0 Å². The average Bonchev–Trinajstić information content (AvgIpc) is 2.21. The molecule has 0 heterocycles. The van der Waals surface area contributed by atoms with E-state index in [9.17, 15) is 9.18 Å². The van der Waals surface area contributed by atoms with Crippen molar-refractivity contribution in [1.29, 1.82) is 0 Å². The van der Waals surface area contributed by atoms with E-state index in [-0.39, 0.29) is 11.4 Å². The molecule has 0 saturated carbocycles. The fraction of sp³-hybridized carbons (Fsp3) is 0.300. The third-order valence-electron chi connectivity index (χ3n) is 1.98. The zero-order chi connectivity index (χ0) is 10.7. The predicted molar refractivity (Wildman–Crippen MR) is 52.7 cm³/mol. The van der Waals surface area contributed by atoms with Gasteiger partial charge in [-0.2, -0.15) is 0 Å². The molecule has 0 aliphatic carbocycles. The molecule has 0 aliphatic heterocycles. The largest absolute Gasteiger partial charge is 0.496 e. The number of hydrogen-bond acceptors (Lipinski definition) is 2. The molecule has 0 radical (unpaired) electrons. The second kappa shape index (κ2) is 4.42. The van der Waals surface area contributed by atoms with Gasteiger partial charge in [0.2, 0.25) is 0 Å². The highest BCUT2D eigenvalue weighted by molar-refractivity contribution is 6.30. The van der Waals surface area contributed by atoms with Crippen LogP contribution in [0, 0.1) is 12.7 Å². The van der Waals surface area contributed by atoms with E-state index in [1.807, 2.05) is 0 Å². The maximum absolute atomic E-state index is 13.5. The lowest BCUT2D eigenvalue weighted by Crippen LogP contribution is -2.05. The molecule has 1 aromatic carbocycles. The highest BCUT2D eigenvalue weighted by atomic mass is 35.5. The molecule has 0 aliphatic rings. The standard InChI is InChI=1S/C10H10ClFO2/c1-6-9(14-2)4-3-7(10(6)12)8(13)5-11/h3-4H,5H2,1-2H3. The van der Waals surface area contributed by atoms with Crippen LogP contribution in [-0.4, -0.2) is 18.8 Å². The molecule has 0 unspecified atom stereocenters. The van der Waals surface area contributed by atoms with Gasteiger partial charge >= 0.3 is 0 Å². The number of halogens is 2. The third-order valence-corrected chi connectivity index (χ3v) is 2.22. The maximum Gasteiger partial charge on any atom is 0.180 e. The molecule has 0 spiro atoms. The van der Waals surface area contributed by atoms with E-state index in [1.54, 1.807) is 13.0 Å². The summed E-state index contributed by atoms with van der Waals surface area (Å²) in [7, 11) is 1.45. The van der Waals surface area contributed by atoms with Crippen LogP contribution in [0.1, 0.15) is 15.9 Å². The molecule has 0 saturated heterocycles. The van der Waals surface area contributed by atoms with Crippen LogP contribution in [0.25, 0.3) is 0 Å². The summed E-state index contributed by atoms with van der Waals surface area (Å²) in [5, 5.41) is 0. The van der Waals surface area contributed by atoms with Crippen LogP contribution in [0.15, 0.2) is 12.1 Å². The number of ether oxygens (including phenoxy) is 1. The first-order chi connectivity index (χ1) is 6.61. The smallest absolute Gasteiger partial charge is 0.180 e. The van der Waals surface area contributed by atoms with E-state index < -0.39 is 11.6 Å². The number of ketones is 1. The first-order valence-corrected chi connectivity index (χ1v) is 4.57. The Balaban J connectivity index is 3.24. The van der Waals surface area contributed by atoms with Crippen molar-refractivity contribution in [2.75, 3.05) is 13.0 Å². The van der Waals surface area contributed by atoms with Crippen LogP contribution in [0.4, 0.5) is 4.39 Å². The lowest BCUT2D eigenvalue weighted by atomic mass is 10.1. The Kier molecular flexibility index (Phi) is 3.47. The van der Waals surface area contributed by atoms with Crippen molar-refractivity contribution in [3.8, 4) is 5.75 Å². The number of Topliss-reactive ketones (excluding diaryl/α,β-unsaturated/α-hetero) is 1. The normalized spacial score (nSPS) is 10.0. The number of hydrogen-bond donors (Lipinski definition) is 0. The molecule has 0 bridgehead atoms. The summed E-state index contributed by atoms with van der Waals surface area (Å²) in [6.07, 6.45) is 0. The van der Waals surface area contributed by atoms with Gasteiger partial charge in [0.15, 0.2) is 5.78 Å². The van der Waals surface area contributed by atoms with Crippen LogP contribution in [0.3, 0.4) is 0 Å². The van der Waals surface area contributed by atoms with Gasteiger partial charge in [0, 0.05) is 5.56 Å². The van der Waals surface area contributed by atoms with E-state index in [0.717, 1.165) is 0 Å². The number of benzene rings is 1. The highest BCUT2D eigenvalue weighted by Gasteiger charge is 2.15. The minimum Gasteiger partial charge on any atom is -0.496 e. The number of methoxy groups -OCH3 is 1. The van der Waals surface area contributed by atoms with Gasteiger partial charge in [0.1, 0.15) is 11.6 Å². The summed E-state index contributed by atoms with van der Waals surface area (Å²) in [6, 6.07) is 2.93. The van der Waals surface area contributed by atoms with Gasteiger partial charge in [-0.05, 0) is 19.1 Å². The Morgan fingerprint density at radius 3 is 2.71 bits per heavy atom. The lowest BCUT2D eigenvalue weighted by Gasteiger charge is -2.07. The highest BCUT2D eigenvalue weighted by Crippen LogP contribution is 2.23. The van der Waals surface area contributed by atoms with Gasteiger partial charge in [0.25, 0.3) is 0 Å². The quantitative estimate of drug-likeness (QED) is 0.574. The van der Waals surface area contributed by atoms with Gasteiger partial charge in [-0.25, -0.2) is 4.39 Å². The minimum absolute atomic E-state index is 0.0123. The van der Waals surface area contributed by atoms with Crippen LogP contribution >= 0.6 is 11.6 Å². The summed E-state index contributed by atoms with van der Waals surface area (Å²) in [5.74, 6) is -0.776. The van der Waals surface area contributed by atoms with Crippen molar-refractivity contribution in [2.45, 2.75) is 6.92 Å². The molecule has 0 amide bonds. The lowest BCUT2D eigenvalue weighted by molar-refractivity contribution is 0.101. The Hall–Kier alpha value is -1.09. The van der Waals surface area contributed by atoms with Crippen LogP contribution in [0.5, 0.6) is 5.75 Å². The van der Waals surface area contributed by atoms with E-state index in [4.69, 9.17) is 16.3 Å². The molecule has 2 nitrogen and oxygen atoms in total. The van der Waals surface area contributed by atoms with Crippen LogP contribution in [-0.2, 0) is 0 Å². The monoisotopic (exact) mass is 216 g/mol. The molecular weight excluding hydrogens is 207 g/mol. The number of alkyl halides is 1. The third kappa shape index (κ3) is 1.87. The first kappa shape index (κ1) is 11.0. The molecule has 0 N–H and O–H groups in total. The molecule has 76 valence electrons. The van der Waals surface area contributed by atoms with Gasteiger partial charge in [-0.1, -0.05) is 0 Å². The molecular formula is C10H10ClFO2. The molecule has 0 aromatic heterocycles. The zero-order valence-electron chi connectivity index (χ0n) is 7.93. The van der Waals surface area contributed by atoms with E-state index in [2.05, 4.69) is 0 Å². The van der Waals surface area contributed by atoms with Crippen molar-refractivity contribution in [2.24, 2.45) is 0 Å². The Morgan fingerprint density at radius 1 is 1.57 bits per heavy atom. The van der Waals surface area contributed by atoms with Crippen molar-refractivity contribution in [3.63, 3.8) is 0 Å². The summed E-state index contributed by atoms with van der Waals surface area (Å²) in [6.45, 7) is 1.55. The van der Waals surface area contributed by atoms with Crippen LogP contribution in [0.2, 0.25) is 0 Å². The molecule has 1 rings (SSSR count). The summed E-state index contributed by atoms with van der Waals surface area (Å²) >= 11 is 5.34. The van der Waals surface area contributed by atoms with Gasteiger partial charge in [-0.15, -0.1) is 11.6 Å². The summed E-state index contributed by atoms with van der Waals surface area (Å²) in [4.78, 5) is 11.2. The molecule has 0 fully saturated rings. The summed E-state index contributed by atoms with van der Waals surface area (Å²) < 4.78 is 18.4. The molecule has 14 heavy (non-hydrogen) atoms. The van der Waals surface area contributed by atoms with Gasteiger partial charge in [0.05, 0.1) is 18.6 Å². The predicted octanol–water partition coefficient (Wildman–Crippen LogP) is 2.56. The number of carbonyl (C=O) groups excluding carboxylic acids is 1. The Labute approximate surface area is 86.6 Å². The minimum atomic E-state index is -0.560. The van der Waals surface area contributed by atoms with Crippen molar-refractivity contribution < 1.29 is 13.9 Å². The first-order valence-electron chi connectivity index (χ1n) is 4.04. The maximum atomic E-state index is 13.5. The van der Waals surface area contributed by atoms with Crippen molar-refractivity contribution in [1.82, 2.24) is 0 Å². The van der Waals surface area contributed by atoms with Gasteiger partial charge < -0.3 is 4.74 Å². The molecule has 0 atom stereocenters. The van der Waals surface area contributed by atoms with E-state index in [1.165, 1.54) is 13.2 Å². The fourth-order valence-electron chi connectivity index (χ4n) is 1.18. The Bertz CT molecular complexity index is 363.